The average Bonchev–Trinajstić information content (AvgIpc) is 3.29. The molecule has 2 aliphatic heterocycles. The SMILES string of the molecule is CN1C[C@H]2CN(S(=O)(=O)c3cc(-c4ccno4)cs3)C[C@@]2(C(=O)O)C1. The van der Waals surface area contributed by atoms with Crippen molar-refractivity contribution in [2.24, 2.45) is 11.3 Å². The lowest BCUT2D eigenvalue weighted by molar-refractivity contribution is -0.148. The molecule has 0 saturated carbocycles. The summed E-state index contributed by atoms with van der Waals surface area (Å²) in [7, 11) is -1.87. The number of sulfonamides is 1. The molecule has 25 heavy (non-hydrogen) atoms. The van der Waals surface area contributed by atoms with E-state index in [9.17, 15) is 18.3 Å². The first-order chi connectivity index (χ1) is 11.8. The lowest BCUT2D eigenvalue weighted by Crippen LogP contribution is -2.41. The van der Waals surface area contributed by atoms with Crippen LogP contribution in [0.1, 0.15) is 0 Å². The Balaban J connectivity index is 1.63. The number of fused-ring (bicyclic) bond motifs is 1. The highest BCUT2D eigenvalue weighted by atomic mass is 32.2. The largest absolute Gasteiger partial charge is 0.481 e. The molecule has 10 heteroatoms. The first-order valence-electron chi connectivity index (χ1n) is 7.74. The number of likely N-dealkylation sites (tertiary alicyclic amines) is 1. The van der Waals surface area contributed by atoms with E-state index in [0.717, 1.165) is 11.3 Å². The second-order valence-electron chi connectivity index (χ2n) is 6.68. The Labute approximate surface area is 148 Å². The molecule has 1 N–H and O–H groups in total. The Morgan fingerprint density at radius 1 is 1.44 bits per heavy atom. The Morgan fingerprint density at radius 3 is 2.88 bits per heavy atom. The minimum atomic E-state index is -3.73. The molecule has 8 nitrogen and oxygen atoms in total. The molecule has 2 fully saturated rings. The fourth-order valence-corrected chi connectivity index (χ4v) is 6.71. The van der Waals surface area contributed by atoms with Gasteiger partial charge in [-0.05, 0) is 13.1 Å². The number of aromatic nitrogens is 1. The van der Waals surface area contributed by atoms with Crippen LogP contribution in [-0.4, -0.2) is 67.1 Å². The van der Waals surface area contributed by atoms with Gasteiger partial charge in [-0.2, -0.15) is 4.31 Å². The monoisotopic (exact) mass is 383 g/mol. The fraction of sp³-hybridized carbons (Fsp3) is 0.467. The molecule has 0 spiro atoms. The molecule has 0 amide bonds. The Hall–Kier alpha value is -1.75. The van der Waals surface area contributed by atoms with Crippen LogP contribution in [0.3, 0.4) is 0 Å². The van der Waals surface area contributed by atoms with Crippen LogP contribution in [0, 0.1) is 11.3 Å². The molecule has 0 aliphatic carbocycles. The standard InChI is InChI=1S/C15H17N3O5S2/c1-17-5-11-6-18(9-15(11,8-17)14(19)20)25(21,22)13-4-10(7-24-13)12-2-3-16-23-12/h2-4,7,11H,5-6,8-9H2,1H3,(H,19,20)/t11-,15-/m0/s1. The number of hydrogen-bond acceptors (Lipinski definition) is 7. The summed E-state index contributed by atoms with van der Waals surface area (Å²) in [6.45, 7) is 1.20. The molecular formula is C15H17N3O5S2. The molecule has 4 heterocycles. The van der Waals surface area contributed by atoms with Gasteiger partial charge in [0.05, 0.1) is 11.6 Å². The summed E-state index contributed by atoms with van der Waals surface area (Å²) >= 11 is 1.10. The van der Waals surface area contributed by atoms with Crippen molar-refractivity contribution in [1.82, 2.24) is 14.4 Å². The van der Waals surface area contributed by atoms with Gasteiger partial charge >= 0.3 is 5.97 Å². The van der Waals surface area contributed by atoms with Crippen molar-refractivity contribution >= 4 is 27.3 Å². The predicted molar refractivity (Wildman–Crippen MR) is 89.6 cm³/mol. The summed E-state index contributed by atoms with van der Waals surface area (Å²) in [4.78, 5) is 13.8. The van der Waals surface area contributed by atoms with Gasteiger partial charge in [-0.1, -0.05) is 5.16 Å². The van der Waals surface area contributed by atoms with Crippen molar-refractivity contribution in [2.45, 2.75) is 4.21 Å². The van der Waals surface area contributed by atoms with Gasteiger partial charge in [0.15, 0.2) is 5.76 Å². The van der Waals surface area contributed by atoms with Gasteiger partial charge in [-0.25, -0.2) is 8.42 Å². The van der Waals surface area contributed by atoms with Gasteiger partial charge in [-0.15, -0.1) is 11.3 Å². The summed E-state index contributed by atoms with van der Waals surface area (Å²) < 4.78 is 32.5. The highest BCUT2D eigenvalue weighted by molar-refractivity contribution is 7.91. The summed E-state index contributed by atoms with van der Waals surface area (Å²) in [6, 6.07) is 3.21. The van der Waals surface area contributed by atoms with Gasteiger partial charge in [-0.3, -0.25) is 4.79 Å². The second kappa shape index (κ2) is 5.63. The molecule has 2 saturated heterocycles. The zero-order chi connectivity index (χ0) is 17.8. The Bertz CT molecular complexity index is 908. The molecule has 0 unspecified atom stereocenters. The summed E-state index contributed by atoms with van der Waals surface area (Å²) in [6.07, 6.45) is 1.50. The maximum Gasteiger partial charge on any atom is 0.312 e. The van der Waals surface area contributed by atoms with Crippen LogP contribution in [0.2, 0.25) is 0 Å². The van der Waals surface area contributed by atoms with Crippen molar-refractivity contribution < 1.29 is 22.8 Å². The lowest BCUT2D eigenvalue weighted by atomic mass is 9.81. The van der Waals surface area contributed by atoms with Crippen LogP contribution in [0.25, 0.3) is 11.3 Å². The van der Waals surface area contributed by atoms with Gasteiger partial charge in [0, 0.05) is 49.1 Å². The number of thiophene rings is 1. The van der Waals surface area contributed by atoms with Crippen LogP contribution < -0.4 is 0 Å². The maximum atomic E-state index is 13.0. The van der Waals surface area contributed by atoms with Crippen molar-refractivity contribution in [2.75, 3.05) is 33.2 Å². The highest BCUT2D eigenvalue weighted by Gasteiger charge is 2.59. The summed E-state index contributed by atoms with van der Waals surface area (Å²) in [5.41, 5.74) is -0.375. The van der Waals surface area contributed by atoms with E-state index in [4.69, 9.17) is 4.52 Å². The molecule has 0 bridgehead atoms. The Morgan fingerprint density at radius 2 is 2.24 bits per heavy atom. The highest BCUT2D eigenvalue weighted by Crippen LogP contribution is 2.44. The van der Waals surface area contributed by atoms with Crippen LogP contribution in [0.5, 0.6) is 0 Å². The van der Waals surface area contributed by atoms with Gasteiger partial charge in [0.2, 0.25) is 0 Å². The number of aliphatic carboxylic acids is 1. The third kappa shape index (κ3) is 2.51. The number of hydrogen-bond donors (Lipinski definition) is 1. The van der Waals surface area contributed by atoms with E-state index in [1.165, 1.54) is 10.5 Å². The molecule has 0 radical (unpaired) electrons. The molecule has 2 aliphatic rings. The van der Waals surface area contributed by atoms with Gasteiger partial charge in [0.1, 0.15) is 4.21 Å². The van der Waals surface area contributed by atoms with E-state index < -0.39 is 21.4 Å². The maximum absolute atomic E-state index is 13.0. The van der Waals surface area contributed by atoms with E-state index in [1.807, 2.05) is 11.9 Å². The number of carboxylic acid groups (broad SMARTS) is 1. The quantitative estimate of drug-likeness (QED) is 0.841. The average molecular weight is 383 g/mol. The first kappa shape index (κ1) is 16.7. The summed E-state index contributed by atoms with van der Waals surface area (Å²) in [5.74, 6) is -0.619. The van der Waals surface area contributed by atoms with E-state index in [1.54, 1.807) is 17.5 Å². The number of carbonyl (C=O) groups is 1. The second-order valence-corrected chi connectivity index (χ2v) is 9.76. The zero-order valence-corrected chi connectivity index (χ0v) is 15.1. The fourth-order valence-electron chi connectivity index (χ4n) is 3.83. The first-order valence-corrected chi connectivity index (χ1v) is 10.1. The molecule has 2 aromatic heterocycles. The van der Waals surface area contributed by atoms with Crippen molar-refractivity contribution in [3.8, 4) is 11.3 Å². The number of nitrogens with zero attached hydrogens (tertiary/aromatic N) is 3. The normalized spacial score (nSPS) is 27.6. The number of rotatable bonds is 4. The van der Waals surface area contributed by atoms with Gasteiger partial charge < -0.3 is 14.5 Å². The smallest absolute Gasteiger partial charge is 0.312 e. The van der Waals surface area contributed by atoms with Crippen molar-refractivity contribution in [3.05, 3.63) is 23.7 Å². The lowest BCUT2D eigenvalue weighted by Gasteiger charge is -2.23. The van der Waals surface area contributed by atoms with E-state index >= 15 is 0 Å². The summed E-state index contributed by atoms with van der Waals surface area (Å²) in [5, 5.41) is 15.0. The third-order valence-corrected chi connectivity index (χ3v) is 8.29. The topological polar surface area (TPSA) is 104 Å². The molecule has 2 atom stereocenters. The van der Waals surface area contributed by atoms with Crippen molar-refractivity contribution in [3.63, 3.8) is 0 Å². The van der Waals surface area contributed by atoms with Crippen LogP contribution in [0.4, 0.5) is 0 Å². The van der Waals surface area contributed by atoms with Gasteiger partial charge in [0.25, 0.3) is 10.0 Å². The minimum absolute atomic E-state index is 0.00914. The molecule has 4 rings (SSSR count). The zero-order valence-electron chi connectivity index (χ0n) is 13.5. The molecule has 2 aromatic rings. The van der Waals surface area contributed by atoms with Crippen LogP contribution in [0.15, 0.2) is 32.4 Å². The third-order valence-electron chi connectivity index (χ3n) is 5.07. The van der Waals surface area contributed by atoms with Crippen LogP contribution >= 0.6 is 11.3 Å². The minimum Gasteiger partial charge on any atom is -0.481 e. The molecular weight excluding hydrogens is 366 g/mol. The number of carboxylic acids is 1. The van der Waals surface area contributed by atoms with E-state index in [2.05, 4.69) is 5.16 Å². The van der Waals surface area contributed by atoms with E-state index in [0.29, 0.717) is 24.4 Å². The van der Waals surface area contributed by atoms with E-state index in [-0.39, 0.29) is 23.2 Å². The molecule has 134 valence electrons. The predicted octanol–water partition coefficient (Wildman–Crippen LogP) is 1.04. The molecule has 0 aromatic carbocycles. The van der Waals surface area contributed by atoms with Crippen LogP contribution in [-0.2, 0) is 14.8 Å². The Kier molecular flexibility index (Phi) is 3.76. The van der Waals surface area contributed by atoms with Crippen molar-refractivity contribution in [1.29, 1.82) is 0 Å².